The summed E-state index contributed by atoms with van der Waals surface area (Å²) < 4.78 is 18.8. The number of benzene rings is 1. The second-order valence-corrected chi connectivity index (χ2v) is 6.70. The number of carbonyl (C=O) groups excluding carboxylic acids is 2. The molecule has 3 rings (SSSR count). The van der Waals surface area contributed by atoms with Crippen LogP contribution in [0.1, 0.15) is 24.8 Å². The number of hydrogen-bond donors (Lipinski definition) is 0. The zero-order valence-corrected chi connectivity index (χ0v) is 14.0. The van der Waals surface area contributed by atoms with Crippen molar-refractivity contribution in [2.75, 3.05) is 33.4 Å². The van der Waals surface area contributed by atoms with Crippen LogP contribution in [-0.4, -0.2) is 55.0 Å². The fraction of sp³-hybridized carbons (Fsp3) is 0.556. The third-order valence-corrected chi connectivity index (χ3v) is 5.12. The van der Waals surface area contributed by atoms with Gasteiger partial charge in [-0.05, 0) is 25.3 Å². The quantitative estimate of drug-likeness (QED) is 0.844. The number of ether oxygens (including phenoxy) is 1. The number of carbonyl (C=O) groups is 2. The standard InChI is InChI=1S/C18H23FN2O3/c1-24-12-16(22)21-10-8-18(13-21)7-4-9-20(17(18)23)11-14-5-2-3-6-15(14)19/h2-3,5-6H,4,7-13H2,1H3/t18-/m1/s1. The Labute approximate surface area is 141 Å². The zero-order chi connectivity index (χ0) is 17.2. The number of amides is 2. The van der Waals surface area contributed by atoms with Gasteiger partial charge in [-0.15, -0.1) is 0 Å². The largest absolute Gasteiger partial charge is 0.375 e. The van der Waals surface area contributed by atoms with Gasteiger partial charge in [-0.1, -0.05) is 18.2 Å². The summed E-state index contributed by atoms with van der Waals surface area (Å²) in [5.74, 6) is -0.314. The maximum Gasteiger partial charge on any atom is 0.248 e. The molecular formula is C18H23FN2O3. The zero-order valence-electron chi connectivity index (χ0n) is 14.0. The highest BCUT2D eigenvalue weighted by molar-refractivity contribution is 5.86. The lowest BCUT2D eigenvalue weighted by molar-refractivity contribution is -0.147. The SMILES string of the molecule is COCC(=O)N1CC[C@]2(CCCN(Cc3ccccc3F)C2=O)C1. The first-order chi connectivity index (χ1) is 11.6. The second-order valence-electron chi connectivity index (χ2n) is 6.70. The van der Waals surface area contributed by atoms with Gasteiger partial charge in [0.1, 0.15) is 12.4 Å². The Morgan fingerprint density at radius 3 is 2.83 bits per heavy atom. The fourth-order valence-electron chi connectivity index (χ4n) is 3.81. The van der Waals surface area contributed by atoms with Gasteiger partial charge in [0.25, 0.3) is 0 Å². The molecular weight excluding hydrogens is 311 g/mol. The molecule has 5 nitrogen and oxygen atoms in total. The van der Waals surface area contributed by atoms with Gasteiger partial charge in [0.05, 0.1) is 5.41 Å². The van der Waals surface area contributed by atoms with Crippen LogP contribution in [0.3, 0.4) is 0 Å². The first-order valence-corrected chi connectivity index (χ1v) is 8.35. The molecule has 24 heavy (non-hydrogen) atoms. The van der Waals surface area contributed by atoms with E-state index in [0.717, 1.165) is 12.8 Å². The molecule has 0 aliphatic carbocycles. The number of piperidine rings is 1. The lowest BCUT2D eigenvalue weighted by atomic mass is 9.78. The van der Waals surface area contributed by atoms with Crippen molar-refractivity contribution in [1.82, 2.24) is 9.80 Å². The maximum absolute atomic E-state index is 13.9. The molecule has 0 saturated carbocycles. The van der Waals surface area contributed by atoms with Crippen LogP contribution < -0.4 is 0 Å². The van der Waals surface area contributed by atoms with Crippen LogP contribution in [0.2, 0.25) is 0 Å². The minimum atomic E-state index is -0.507. The number of methoxy groups -OCH3 is 1. The molecule has 6 heteroatoms. The molecule has 2 heterocycles. The van der Waals surface area contributed by atoms with E-state index in [0.29, 0.717) is 38.2 Å². The lowest BCUT2D eigenvalue weighted by Crippen LogP contribution is -2.50. The normalized spacial score (nSPS) is 24.0. The molecule has 130 valence electrons. The van der Waals surface area contributed by atoms with E-state index in [1.807, 2.05) is 0 Å². The molecule has 0 radical (unpaired) electrons. The van der Waals surface area contributed by atoms with E-state index in [2.05, 4.69) is 0 Å². The van der Waals surface area contributed by atoms with Crippen LogP contribution in [0.25, 0.3) is 0 Å². The summed E-state index contributed by atoms with van der Waals surface area (Å²) in [6.45, 7) is 2.01. The summed E-state index contributed by atoms with van der Waals surface area (Å²) >= 11 is 0. The summed E-state index contributed by atoms with van der Waals surface area (Å²) in [4.78, 5) is 28.5. The summed E-state index contributed by atoms with van der Waals surface area (Å²) in [5, 5.41) is 0. The van der Waals surface area contributed by atoms with Gasteiger partial charge >= 0.3 is 0 Å². The van der Waals surface area contributed by atoms with Crippen LogP contribution in [0.4, 0.5) is 4.39 Å². The molecule has 1 spiro atoms. The molecule has 1 atom stereocenters. The number of likely N-dealkylation sites (tertiary alicyclic amines) is 2. The molecule has 2 amide bonds. The van der Waals surface area contributed by atoms with Crippen molar-refractivity contribution >= 4 is 11.8 Å². The van der Waals surface area contributed by atoms with Crippen molar-refractivity contribution in [3.8, 4) is 0 Å². The summed E-state index contributed by atoms with van der Waals surface area (Å²) in [5.41, 5.74) is 0.0283. The predicted octanol–water partition coefficient (Wildman–Crippen LogP) is 1.81. The Hall–Kier alpha value is -1.95. The number of rotatable bonds is 4. The number of nitrogens with zero attached hydrogens (tertiary/aromatic N) is 2. The Balaban J connectivity index is 1.71. The highest BCUT2D eigenvalue weighted by Gasteiger charge is 2.49. The molecule has 2 aliphatic rings. The van der Waals surface area contributed by atoms with Crippen LogP contribution in [0, 0.1) is 11.2 Å². The average molecular weight is 334 g/mol. The summed E-state index contributed by atoms with van der Waals surface area (Å²) in [7, 11) is 1.49. The van der Waals surface area contributed by atoms with Gasteiger partial charge in [0, 0.05) is 38.9 Å². The second kappa shape index (κ2) is 6.89. The van der Waals surface area contributed by atoms with Gasteiger partial charge in [-0.25, -0.2) is 4.39 Å². The van der Waals surface area contributed by atoms with E-state index in [4.69, 9.17) is 4.74 Å². The number of halogens is 1. The van der Waals surface area contributed by atoms with E-state index >= 15 is 0 Å². The molecule has 1 aromatic rings. The third kappa shape index (κ3) is 3.15. The van der Waals surface area contributed by atoms with Crippen molar-refractivity contribution in [2.24, 2.45) is 5.41 Å². The first-order valence-electron chi connectivity index (χ1n) is 8.35. The van der Waals surface area contributed by atoms with Crippen LogP contribution in [0.15, 0.2) is 24.3 Å². The van der Waals surface area contributed by atoms with Crippen molar-refractivity contribution in [3.63, 3.8) is 0 Å². The molecule has 2 aliphatic heterocycles. The molecule has 0 N–H and O–H groups in total. The van der Waals surface area contributed by atoms with Crippen LogP contribution in [-0.2, 0) is 20.9 Å². The van der Waals surface area contributed by atoms with Crippen molar-refractivity contribution in [1.29, 1.82) is 0 Å². The van der Waals surface area contributed by atoms with Crippen molar-refractivity contribution in [2.45, 2.75) is 25.8 Å². The highest BCUT2D eigenvalue weighted by atomic mass is 19.1. The summed E-state index contributed by atoms with van der Waals surface area (Å²) in [6.07, 6.45) is 2.35. The molecule has 0 unspecified atom stereocenters. The monoisotopic (exact) mass is 334 g/mol. The van der Waals surface area contributed by atoms with Gasteiger partial charge in [0.2, 0.25) is 11.8 Å². The van der Waals surface area contributed by atoms with E-state index in [9.17, 15) is 14.0 Å². The summed E-state index contributed by atoms with van der Waals surface area (Å²) in [6, 6.07) is 6.56. The Morgan fingerprint density at radius 1 is 1.29 bits per heavy atom. The fourth-order valence-corrected chi connectivity index (χ4v) is 3.81. The van der Waals surface area contributed by atoms with E-state index in [1.54, 1.807) is 28.0 Å². The van der Waals surface area contributed by atoms with E-state index < -0.39 is 5.41 Å². The smallest absolute Gasteiger partial charge is 0.248 e. The van der Waals surface area contributed by atoms with Gasteiger partial charge in [0.15, 0.2) is 0 Å². The minimum absolute atomic E-state index is 0.0449. The molecule has 0 bridgehead atoms. The minimum Gasteiger partial charge on any atom is -0.375 e. The Kier molecular flexibility index (Phi) is 4.85. The van der Waals surface area contributed by atoms with Crippen molar-refractivity contribution < 1.29 is 18.7 Å². The van der Waals surface area contributed by atoms with E-state index in [-0.39, 0.29) is 24.2 Å². The Bertz CT molecular complexity index is 636. The predicted molar refractivity (Wildman–Crippen MR) is 86.6 cm³/mol. The first kappa shape index (κ1) is 16.9. The molecule has 2 saturated heterocycles. The van der Waals surface area contributed by atoms with Gasteiger partial charge in [-0.2, -0.15) is 0 Å². The van der Waals surface area contributed by atoms with Crippen LogP contribution in [0.5, 0.6) is 0 Å². The average Bonchev–Trinajstić information content (AvgIpc) is 3.00. The Morgan fingerprint density at radius 2 is 2.08 bits per heavy atom. The maximum atomic E-state index is 13.9. The van der Waals surface area contributed by atoms with E-state index in [1.165, 1.54) is 13.2 Å². The van der Waals surface area contributed by atoms with Crippen LogP contribution >= 0.6 is 0 Å². The molecule has 2 fully saturated rings. The topological polar surface area (TPSA) is 49.9 Å². The molecule has 0 aromatic heterocycles. The van der Waals surface area contributed by atoms with Gasteiger partial charge < -0.3 is 14.5 Å². The highest BCUT2D eigenvalue weighted by Crippen LogP contribution is 2.40. The third-order valence-electron chi connectivity index (χ3n) is 5.12. The number of hydrogen-bond acceptors (Lipinski definition) is 3. The lowest BCUT2D eigenvalue weighted by Gasteiger charge is -2.39. The van der Waals surface area contributed by atoms with Gasteiger partial charge in [-0.3, -0.25) is 9.59 Å². The molecule has 1 aromatic carbocycles. The van der Waals surface area contributed by atoms with Crippen molar-refractivity contribution in [3.05, 3.63) is 35.6 Å².